The van der Waals surface area contributed by atoms with Crippen LogP contribution in [0.5, 0.6) is 0 Å². The third-order valence-electron chi connectivity index (χ3n) is 2.63. The summed E-state index contributed by atoms with van der Waals surface area (Å²) < 4.78 is 64.2. The van der Waals surface area contributed by atoms with Crippen molar-refractivity contribution in [1.29, 1.82) is 0 Å². The molecule has 0 aliphatic heterocycles. The minimum absolute atomic E-state index is 0.151. The second-order valence-electron chi connectivity index (χ2n) is 4.05. The van der Waals surface area contributed by atoms with Gasteiger partial charge in [-0.15, -0.1) is 0 Å². The maximum absolute atomic E-state index is 13.4. The smallest absolute Gasteiger partial charge is 0.422 e. The van der Waals surface area contributed by atoms with Crippen LogP contribution in [-0.2, 0) is 6.18 Å². The molecule has 0 spiro atoms. The predicted molar refractivity (Wildman–Crippen MR) is 61.6 cm³/mol. The molecule has 110 valence electrons. The van der Waals surface area contributed by atoms with E-state index >= 15 is 0 Å². The van der Waals surface area contributed by atoms with E-state index < -0.39 is 29.3 Å². The minimum atomic E-state index is -5.16. The zero-order valence-corrected chi connectivity index (χ0v) is 10.1. The molecular weight excluding hydrogens is 297 g/mol. The summed E-state index contributed by atoms with van der Waals surface area (Å²) in [7, 11) is 0. The number of benzene rings is 1. The zero-order chi connectivity index (χ0) is 15.8. The largest absolute Gasteiger partial charge is 0.478 e. The number of hydrogen-bond donors (Lipinski definition) is 1. The van der Waals surface area contributed by atoms with Crippen molar-refractivity contribution in [3.05, 3.63) is 53.2 Å². The summed E-state index contributed by atoms with van der Waals surface area (Å²) in [5, 5.41) is 8.79. The molecule has 0 unspecified atom stereocenters. The molecule has 0 saturated heterocycles. The Balaban J connectivity index is 2.57. The highest BCUT2D eigenvalue weighted by Crippen LogP contribution is 2.35. The summed E-state index contributed by atoms with van der Waals surface area (Å²) in [5.74, 6) is -4.88. The Bertz CT molecular complexity index is 689. The van der Waals surface area contributed by atoms with Crippen LogP contribution in [0.2, 0.25) is 0 Å². The van der Waals surface area contributed by atoms with E-state index in [-0.39, 0.29) is 16.8 Å². The monoisotopic (exact) mass is 303 g/mol. The molecule has 8 heteroatoms. The van der Waals surface area contributed by atoms with Gasteiger partial charge in [0.1, 0.15) is 17.2 Å². The number of hydrogen-bond acceptors (Lipinski definition) is 2. The fourth-order valence-electron chi connectivity index (χ4n) is 1.71. The number of carboxylic acid groups (broad SMARTS) is 1. The molecular formula is C13H6F5NO2. The van der Waals surface area contributed by atoms with Gasteiger partial charge in [0.25, 0.3) is 0 Å². The van der Waals surface area contributed by atoms with E-state index in [0.29, 0.717) is 12.1 Å². The van der Waals surface area contributed by atoms with Crippen LogP contribution in [-0.4, -0.2) is 16.1 Å². The van der Waals surface area contributed by atoms with Crippen molar-refractivity contribution >= 4 is 5.97 Å². The second-order valence-corrected chi connectivity index (χ2v) is 4.05. The number of alkyl halides is 3. The number of aromatic carboxylic acids is 1. The Morgan fingerprint density at radius 2 is 1.67 bits per heavy atom. The molecule has 1 heterocycles. The van der Waals surface area contributed by atoms with Crippen molar-refractivity contribution < 1.29 is 31.9 Å². The van der Waals surface area contributed by atoms with E-state index in [9.17, 15) is 26.7 Å². The first-order valence-electron chi connectivity index (χ1n) is 5.46. The molecule has 1 aromatic carbocycles. The Labute approximate surface area is 114 Å². The predicted octanol–water partition coefficient (Wildman–Crippen LogP) is 3.74. The van der Waals surface area contributed by atoms with Gasteiger partial charge < -0.3 is 5.11 Å². The number of halogens is 5. The van der Waals surface area contributed by atoms with Crippen LogP contribution in [0, 0.1) is 11.6 Å². The first kappa shape index (κ1) is 14.9. The molecule has 3 nitrogen and oxygen atoms in total. The van der Waals surface area contributed by atoms with Gasteiger partial charge in [-0.2, -0.15) is 13.2 Å². The average Bonchev–Trinajstić information content (AvgIpc) is 2.36. The number of carboxylic acids is 1. The van der Waals surface area contributed by atoms with Gasteiger partial charge in [-0.1, -0.05) is 0 Å². The fraction of sp³-hybridized carbons (Fsp3) is 0.0769. The lowest BCUT2D eigenvalue weighted by molar-refractivity contribution is -0.142. The van der Waals surface area contributed by atoms with Gasteiger partial charge >= 0.3 is 12.1 Å². The van der Waals surface area contributed by atoms with Crippen molar-refractivity contribution in [2.75, 3.05) is 0 Å². The molecule has 0 atom stereocenters. The highest BCUT2D eigenvalue weighted by Gasteiger charge is 2.38. The van der Waals surface area contributed by atoms with Crippen molar-refractivity contribution in [3.63, 3.8) is 0 Å². The van der Waals surface area contributed by atoms with Crippen LogP contribution in [0.15, 0.2) is 30.5 Å². The molecule has 2 rings (SSSR count). The SMILES string of the molecule is O=C(O)c1ccnc(-c2cc(F)c(C(F)(F)F)c(F)c2)c1. The van der Waals surface area contributed by atoms with E-state index in [2.05, 4.69) is 4.98 Å². The van der Waals surface area contributed by atoms with Crippen molar-refractivity contribution in [3.8, 4) is 11.3 Å². The Morgan fingerprint density at radius 1 is 1.10 bits per heavy atom. The van der Waals surface area contributed by atoms with E-state index in [0.717, 1.165) is 18.3 Å². The van der Waals surface area contributed by atoms with Crippen LogP contribution in [0.1, 0.15) is 15.9 Å². The summed E-state index contributed by atoms with van der Waals surface area (Å²) in [5.41, 5.74) is -2.65. The van der Waals surface area contributed by atoms with Crippen LogP contribution >= 0.6 is 0 Å². The third kappa shape index (κ3) is 2.99. The topological polar surface area (TPSA) is 50.2 Å². The maximum Gasteiger partial charge on any atom is 0.422 e. The van der Waals surface area contributed by atoms with E-state index in [1.54, 1.807) is 0 Å². The summed E-state index contributed by atoms with van der Waals surface area (Å²) in [6, 6.07) is 3.06. The molecule has 0 fully saturated rings. The highest BCUT2D eigenvalue weighted by atomic mass is 19.4. The summed E-state index contributed by atoms with van der Waals surface area (Å²) in [4.78, 5) is 14.5. The lowest BCUT2D eigenvalue weighted by Crippen LogP contribution is -2.11. The second kappa shape index (κ2) is 5.12. The normalized spacial score (nSPS) is 11.5. The third-order valence-corrected chi connectivity index (χ3v) is 2.63. The van der Waals surface area contributed by atoms with Crippen LogP contribution in [0.3, 0.4) is 0 Å². The van der Waals surface area contributed by atoms with Crippen LogP contribution in [0.25, 0.3) is 11.3 Å². The first-order valence-corrected chi connectivity index (χ1v) is 5.46. The van der Waals surface area contributed by atoms with Crippen molar-refractivity contribution in [2.45, 2.75) is 6.18 Å². The summed E-state index contributed by atoms with van der Waals surface area (Å²) >= 11 is 0. The van der Waals surface area contributed by atoms with Crippen LogP contribution < -0.4 is 0 Å². The molecule has 2 aromatic rings. The van der Waals surface area contributed by atoms with Gasteiger partial charge in [0.05, 0.1) is 11.3 Å². The van der Waals surface area contributed by atoms with Gasteiger partial charge in [-0.3, -0.25) is 4.98 Å². The average molecular weight is 303 g/mol. The van der Waals surface area contributed by atoms with Gasteiger partial charge in [-0.25, -0.2) is 13.6 Å². The van der Waals surface area contributed by atoms with Crippen LogP contribution in [0.4, 0.5) is 22.0 Å². The molecule has 0 bridgehead atoms. The number of nitrogens with zero attached hydrogens (tertiary/aromatic N) is 1. The Kier molecular flexibility index (Phi) is 3.63. The first-order chi connectivity index (χ1) is 9.70. The quantitative estimate of drug-likeness (QED) is 0.860. The number of pyridine rings is 1. The lowest BCUT2D eigenvalue weighted by Gasteiger charge is -2.11. The van der Waals surface area contributed by atoms with Crippen molar-refractivity contribution in [2.24, 2.45) is 0 Å². The van der Waals surface area contributed by atoms with E-state index in [4.69, 9.17) is 5.11 Å². The molecule has 0 radical (unpaired) electrons. The van der Waals surface area contributed by atoms with E-state index in [1.807, 2.05) is 0 Å². The molecule has 0 amide bonds. The maximum atomic E-state index is 13.4. The molecule has 0 saturated carbocycles. The van der Waals surface area contributed by atoms with Gasteiger partial charge in [0.15, 0.2) is 0 Å². The molecule has 1 aromatic heterocycles. The highest BCUT2D eigenvalue weighted by molar-refractivity contribution is 5.88. The molecule has 1 N–H and O–H groups in total. The Morgan fingerprint density at radius 3 is 2.14 bits per heavy atom. The van der Waals surface area contributed by atoms with Gasteiger partial charge in [0.2, 0.25) is 0 Å². The minimum Gasteiger partial charge on any atom is -0.478 e. The molecule has 0 aliphatic rings. The summed E-state index contributed by atoms with van der Waals surface area (Å²) in [6.07, 6.45) is -4.09. The number of rotatable bonds is 2. The zero-order valence-electron chi connectivity index (χ0n) is 10.1. The molecule has 0 aliphatic carbocycles. The number of carbonyl (C=O) groups is 1. The van der Waals surface area contributed by atoms with E-state index in [1.165, 1.54) is 0 Å². The Hall–Kier alpha value is -2.51. The number of aromatic nitrogens is 1. The standard InChI is InChI=1S/C13H6F5NO2/c14-8-3-7(4-9(15)11(8)13(16,17)18)10-5-6(12(20)21)1-2-19-10/h1-5H,(H,20,21). The fourth-order valence-corrected chi connectivity index (χ4v) is 1.71. The van der Waals surface area contributed by atoms with Gasteiger partial charge in [-0.05, 0) is 24.3 Å². The van der Waals surface area contributed by atoms with Crippen molar-refractivity contribution in [1.82, 2.24) is 4.98 Å². The lowest BCUT2D eigenvalue weighted by atomic mass is 10.1. The molecule has 21 heavy (non-hydrogen) atoms. The summed E-state index contributed by atoms with van der Waals surface area (Å²) in [6.45, 7) is 0. The van der Waals surface area contributed by atoms with Gasteiger partial charge in [0, 0.05) is 11.8 Å².